The first-order chi connectivity index (χ1) is 24.3. The molecule has 0 aliphatic carbocycles. The summed E-state index contributed by atoms with van der Waals surface area (Å²) in [5.41, 5.74) is 8.40. The van der Waals surface area contributed by atoms with Crippen LogP contribution in [0.4, 0.5) is 17.2 Å². The van der Waals surface area contributed by atoms with E-state index in [2.05, 4.69) is 163 Å². The smallest absolute Gasteiger partial charge is 0.181 e. The van der Waals surface area contributed by atoms with E-state index in [1.54, 1.807) is 0 Å². The van der Waals surface area contributed by atoms with Crippen molar-refractivity contribution in [3.8, 4) is 22.3 Å². The molecule has 3 nitrogen and oxygen atoms in total. The largest absolute Gasteiger partial charge is 0.452 e. The first-order valence-corrected chi connectivity index (χ1v) is 17.3. The highest BCUT2D eigenvalue weighted by atomic mass is 32.1. The van der Waals surface area contributed by atoms with Gasteiger partial charge in [-0.05, 0) is 81.6 Å². The lowest BCUT2D eigenvalue weighted by molar-refractivity contribution is 0.667. The lowest BCUT2D eigenvalue weighted by Crippen LogP contribution is -2.11. The van der Waals surface area contributed by atoms with Crippen LogP contribution < -0.4 is 4.90 Å². The van der Waals surface area contributed by atoms with Gasteiger partial charge in [-0.1, -0.05) is 115 Å². The molecule has 0 fully saturated rings. The third kappa shape index (κ3) is 4.61. The maximum absolute atomic E-state index is 6.68. The summed E-state index contributed by atoms with van der Waals surface area (Å²) >= 11 is 1.86. The Bertz CT molecular complexity index is 2810. The number of benzene rings is 7. The predicted molar refractivity (Wildman–Crippen MR) is 207 cm³/mol. The Morgan fingerprint density at radius 1 is 0.490 bits per heavy atom. The lowest BCUT2D eigenvalue weighted by atomic mass is 10.0. The van der Waals surface area contributed by atoms with E-state index in [1.807, 2.05) is 23.6 Å². The molecule has 10 rings (SSSR count). The van der Waals surface area contributed by atoms with E-state index in [0.717, 1.165) is 50.1 Å². The molecule has 0 unspecified atom stereocenters. The van der Waals surface area contributed by atoms with Gasteiger partial charge in [0.2, 0.25) is 0 Å². The van der Waals surface area contributed by atoms with Crippen molar-refractivity contribution in [2.75, 3.05) is 4.90 Å². The molecule has 3 aromatic heterocycles. The molecular formula is C45H28N2OS. The summed E-state index contributed by atoms with van der Waals surface area (Å²) in [5, 5.41) is 7.09. The van der Waals surface area contributed by atoms with E-state index in [-0.39, 0.29) is 0 Å². The second-order valence-corrected chi connectivity index (χ2v) is 13.4. The Labute approximate surface area is 286 Å². The minimum atomic E-state index is 0.754. The summed E-state index contributed by atoms with van der Waals surface area (Å²) in [6.45, 7) is 0. The SMILES string of the molecule is c1ccc(-c2ccc(N(c3ccc(-c4cccc5c4sc4ccccc45)cc3)c3nccc4c3oc3cc5ccccc5cc34)cc2)cc1. The van der Waals surface area contributed by atoms with Crippen LogP contribution in [0, 0.1) is 0 Å². The zero-order valence-electron chi connectivity index (χ0n) is 26.4. The molecule has 0 aliphatic rings. The normalized spacial score (nSPS) is 11.7. The van der Waals surface area contributed by atoms with Crippen LogP contribution in [0.15, 0.2) is 174 Å². The number of hydrogen-bond donors (Lipinski definition) is 0. The van der Waals surface area contributed by atoms with Crippen LogP contribution in [0.1, 0.15) is 0 Å². The Kier molecular flexibility index (Phi) is 6.36. The molecule has 230 valence electrons. The molecule has 0 amide bonds. The molecule has 0 aliphatic heterocycles. The maximum atomic E-state index is 6.68. The van der Waals surface area contributed by atoms with Crippen molar-refractivity contribution in [1.82, 2.24) is 4.98 Å². The topological polar surface area (TPSA) is 29.3 Å². The first-order valence-electron chi connectivity index (χ1n) is 16.4. The van der Waals surface area contributed by atoms with Crippen molar-refractivity contribution in [1.29, 1.82) is 0 Å². The van der Waals surface area contributed by atoms with Crippen LogP contribution >= 0.6 is 11.3 Å². The highest BCUT2D eigenvalue weighted by Gasteiger charge is 2.21. The van der Waals surface area contributed by atoms with Gasteiger partial charge in [0.15, 0.2) is 11.4 Å². The van der Waals surface area contributed by atoms with Gasteiger partial charge in [-0.15, -0.1) is 11.3 Å². The standard InChI is InChI=1S/C45H28N2OS/c1-2-9-29(10-3-1)30-17-21-34(22-18-30)47(45-43-38(25-26-46-45)40-27-32-11-4-5-12-33(32)28-41(40)48-43)35-23-19-31(20-24-35)36-14-8-15-39-37-13-6-7-16-42(37)49-44(36)39/h1-28H. The van der Waals surface area contributed by atoms with Crippen LogP contribution in [0.5, 0.6) is 0 Å². The second kappa shape index (κ2) is 11.2. The van der Waals surface area contributed by atoms with Gasteiger partial charge in [0.05, 0.1) is 0 Å². The van der Waals surface area contributed by atoms with Gasteiger partial charge in [-0.2, -0.15) is 0 Å². The highest BCUT2D eigenvalue weighted by molar-refractivity contribution is 7.26. The number of thiophene rings is 1. The summed E-state index contributed by atoms with van der Waals surface area (Å²) in [6, 6.07) is 58.2. The van der Waals surface area contributed by atoms with E-state index in [0.29, 0.717) is 0 Å². The van der Waals surface area contributed by atoms with Gasteiger partial charge in [0.25, 0.3) is 0 Å². The van der Waals surface area contributed by atoms with Crippen molar-refractivity contribution >= 4 is 81.4 Å². The Morgan fingerprint density at radius 2 is 1.14 bits per heavy atom. The van der Waals surface area contributed by atoms with Crippen molar-refractivity contribution in [2.24, 2.45) is 0 Å². The van der Waals surface area contributed by atoms with Gasteiger partial charge in [0, 0.05) is 48.5 Å². The van der Waals surface area contributed by atoms with Gasteiger partial charge >= 0.3 is 0 Å². The maximum Gasteiger partial charge on any atom is 0.181 e. The van der Waals surface area contributed by atoms with Crippen LogP contribution in [0.3, 0.4) is 0 Å². The van der Waals surface area contributed by atoms with E-state index in [1.165, 1.54) is 42.2 Å². The summed E-state index contributed by atoms with van der Waals surface area (Å²) < 4.78 is 9.30. The van der Waals surface area contributed by atoms with E-state index in [4.69, 9.17) is 9.40 Å². The van der Waals surface area contributed by atoms with Crippen LogP contribution in [0.2, 0.25) is 0 Å². The minimum absolute atomic E-state index is 0.754. The second-order valence-electron chi connectivity index (χ2n) is 12.4. The van der Waals surface area contributed by atoms with E-state index in [9.17, 15) is 0 Å². The fourth-order valence-electron chi connectivity index (χ4n) is 7.13. The predicted octanol–water partition coefficient (Wildman–Crippen LogP) is 13.3. The van der Waals surface area contributed by atoms with Gasteiger partial charge in [-0.3, -0.25) is 4.90 Å². The molecule has 10 aromatic rings. The number of nitrogens with zero attached hydrogens (tertiary/aromatic N) is 2. The average Bonchev–Trinajstić information content (AvgIpc) is 3.73. The monoisotopic (exact) mass is 644 g/mol. The summed E-state index contributed by atoms with van der Waals surface area (Å²) in [5.74, 6) is 0.754. The number of anilines is 3. The Morgan fingerprint density at radius 3 is 1.94 bits per heavy atom. The summed E-state index contributed by atoms with van der Waals surface area (Å²) in [6.07, 6.45) is 1.89. The Hall–Kier alpha value is -6.23. The molecule has 3 heterocycles. The molecule has 0 bridgehead atoms. The number of fused-ring (bicyclic) bond motifs is 7. The van der Waals surface area contributed by atoms with Crippen LogP contribution in [-0.4, -0.2) is 4.98 Å². The number of rotatable bonds is 5. The Balaban J connectivity index is 1.14. The zero-order chi connectivity index (χ0) is 32.3. The molecular weight excluding hydrogens is 617 g/mol. The minimum Gasteiger partial charge on any atom is -0.452 e. The molecule has 49 heavy (non-hydrogen) atoms. The number of aromatic nitrogens is 1. The van der Waals surface area contributed by atoms with Crippen molar-refractivity contribution in [3.63, 3.8) is 0 Å². The summed E-state index contributed by atoms with van der Waals surface area (Å²) in [7, 11) is 0. The first kappa shape index (κ1) is 27.8. The molecule has 7 aromatic carbocycles. The van der Waals surface area contributed by atoms with Crippen molar-refractivity contribution in [2.45, 2.75) is 0 Å². The lowest BCUT2D eigenvalue weighted by Gasteiger charge is -2.25. The van der Waals surface area contributed by atoms with Gasteiger partial charge in [0.1, 0.15) is 5.58 Å². The molecule has 0 saturated heterocycles. The molecule has 0 radical (unpaired) electrons. The van der Waals surface area contributed by atoms with E-state index < -0.39 is 0 Å². The number of hydrogen-bond acceptors (Lipinski definition) is 4. The molecule has 0 spiro atoms. The highest BCUT2D eigenvalue weighted by Crippen LogP contribution is 2.44. The zero-order valence-corrected chi connectivity index (χ0v) is 27.2. The molecule has 0 N–H and O–H groups in total. The molecule has 0 saturated carbocycles. The number of furan rings is 1. The quantitative estimate of drug-likeness (QED) is 0.187. The average molecular weight is 645 g/mol. The van der Waals surface area contributed by atoms with Crippen molar-refractivity contribution in [3.05, 3.63) is 170 Å². The molecule has 0 atom stereocenters. The third-order valence-electron chi connectivity index (χ3n) is 9.52. The molecule has 4 heteroatoms. The van der Waals surface area contributed by atoms with Crippen molar-refractivity contribution < 1.29 is 4.42 Å². The van der Waals surface area contributed by atoms with E-state index >= 15 is 0 Å². The van der Waals surface area contributed by atoms with Gasteiger partial charge in [-0.25, -0.2) is 4.98 Å². The number of pyridine rings is 1. The van der Waals surface area contributed by atoms with Gasteiger partial charge < -0.3 is 4.42 Å². The van der Waals surface area contributed by atoms with Crippen LogP contribution in [0.25, 0.3) is 75.1 Å². The fourth-order valence-corrected chi connectivity index (χ4v) is 8.36. The summed E-state index contributed by atoms with van der Waals surface area (Å²) in [4.78, 5) is 7.20. The van der Waals surface area contributed by atoms with Crippen LogP contribution in [-0.2, 0) is 0 Å². The fraction of sp³-hybridized carbons (Fsp3) is 0. The third-order valence-corrected chi connectivity index (χ3v) is 10.7.